The predicted octanol–water partition coefficient (Wildman–Crippen LogP) is 0.694. The molecule has 0 saturated carbocycles. The Morgan fingerprint density at radius 1 is 1.55 bits per heavy atom. The van der Waals surface area contributed by atoms with Crippen molar-refractivity contribution in [3.63, 3.8) is 0 Å². The number of nitro benzene ring substituents is 1. The molecule has 2 amide bonds. The maximum Gasteiger partial charge on any atom is 0.270 e. The van der Waals surface area contributed by atoms with Gasteiger partial charge in [0.15, 0.2) is 0 Å². The van der Waals surface area contributed by atoms with Crippen LogP contribution >= 0.6 is 0 Å². The third kappa shape index (κ3) is 2.44. The molecule has 1 heterocycles. The van der Waals surface area contributed by atoms with Crippen LogP contribution in [-0.4, -0.2) is 40.8 Å². The lowest BCUT2D eigenvalue weighted by Crippen LogP contribution is -2.55. The van der Waals surface area contributed by atoms with E-state index in [1.165, 1.54) is 11.8 Å². The number of halogens is 1. The van der Waals surface area contributed by atoms with Crippen LogP contribution in [0.25, 0.3) is 0 Å². The summed E-state index contributed by atoms with van der Waals surface area (Å²) in [5.74, 6) is -1.91. The average Bonchev–Trinajstić information content (AvgIpc) is 2.41. The van der Waals surface area contributed by atoms with E-state index >= 15 is 0 Å². The standard InChI is InChI=1S/C12H12FN3O4/c1-7-11(17)14-4-5-15(7)12(18)9-6-8(16(19)20)2-3-10(9)13/h2-3,6-7H,4-5H2,1H3,(H,14,17). The topological polar surface area (TPSA) is 92.6 Å². The first-order valence-electron chi connectivity index (χ1n) is 5.94. The molecule has 106 valence electrons. The molecule has 8 heteroatoms. The zero-order valence-corrected chi connectivity index (χ0v) is 10.6. The van der Waals surface area contributed by atoms with E-state index in [1.807, 2.05) is 0 Å². The Morgan fingerprint density at radius 2 is 2.25 bits per heavy atom. The number of benzene rings is 1. The van der Waals surface area contributed by atoms with Gasteiger partial charge in [-0.15, -0.1) is 0 Å². The summed E-state index contributed by atoms with van der Waals surface area (Å²) in [6.45, 7) is 2.01. The van der Waals surface area contributed by atoms with Crippen LogP contribution in [0.3, 0.4) is 0 Å². The molecule has 1 unspecified atom stereocenters. The van der Waals surface area contributed by atoms with E-state index in [0.717, 1.165) is 18.2 Å². The van der Waals surface area contributed by atoms with Crippen molar-refractivity contribution in [2.24, 2.45) is 0 Å². The summed E-state index contributed by atoms with van der Waals surface area (Å²) in [5, 5.41) is 13.3. The van der Waals surface area contributed by atoms with E-state index in [0.29, 0.717) is 0 Å². The summed E-state index contributed by atoms with van der Waals surface area (Å²) in [6.07, 6.45) is 0. The van der Waals surface area contributed by atoms with Crippen molar-refractivity contribution in [1.82, 2.24) is 10.2 Å². The number of nitrogens with one attached hydrogen (secondary N) is 1. The van der Waals surface area contributed by atoms with Crippen LogP contribution in [0.4, 0.5) is 10.1 Å². The van der Waals surface area contributed by atoms with Gasteiger partial charge in [0.05, 0.1) is 10.5 Å². The molecule has 0 aromatic heterocycles. The van der Waals surface area contributed by atoms with Gasteiger partial charge in [0.2, 0.25) is 5.91 Å². The minimum absolute atomic E-state index is 0.230. The second kappa shape index (κ2) is 5.24. The van der Waals surface area contributed by atoms with Gasteiger partial charge in [-0.1, -0.05) is 0 Å². The largest absolute Gasteiger partial charge is 0.353 e. The number of rotatable bonds is 2. The van der Waals surface area contributed by atoms with Gasteiger partial charge in [0, 0.05) is 25.2 Å². The van der Waals surface area contributed by atoms with E-state index < -0.39 is 28.3 Å². The zero-order chi connectivity index (χ0) is 14.9. The molecule has 20 heavy (non-hydrogen) atoms. The van der Waals surface area contributed by atoms with Crippen LogP contribution in [0.2, 0.25) is 0 Å². The normalized spacial score (nSPS) is 18.6. The fourth-order valence-corrected chi connectivity index (χ4v) is 2.01. The van der Waals surface area contributed by atoms with Crippen molar-refractivity contribution >= 4 is 17.5 Å². The lowest BCUT2D eigenvalue weighted by atomic mass is 10.1. The van der Waals surface area contributed by atoms with Crippen molar-refractivity contribution < 1.29 is 18.9 Å². The van der Waals surface area contributed by atoms with Gasteiger partial charge < -0.3 is 10.2 Å². The highest BCUT2D eigenvalue weighted by Crippen LogP contribution is 2.20. The number of piperazine rings is 1. The first-order chi connectivity index (χ1) is 9.41. The number of hydrogen-bond donors (Lipinski definition) is 1. The fourth-order valence-electron chi connectivity index (χ4n) is 2.01. The van der Waals surface area contributed by atoms with Gasteiger partial charge in [0.25, 0.3) is 11.6 Å². The Balaban J connectivity index is 2.35. The Bertz CT molecular complexity index is 590. The van der Waals surface area contributed by atoms with Gasteiger partial charge in [-0.2, -0.15) is 0 Å². The lowest BCUT2D eigenvalue weighted by Gasteiger charge is -2.32. The molecule has 2 rings (SSSR count). The van der Waals surface area contributed by atoms with E-state index in [1.54, 1.807) is 0 Å². The average molecular weight is 281 g/mol. The minimum Gasteiger partial charge on any atom is -0.353 e. The summed E-state index contributed by atoms with van der Waals surface area (Å²) in [5.41, 5.74) is -0.774. The van der Waals surface area contributed by atoms with Gasteiger partial charge in [-0.05, 0) is 13.0 Å². The molecule has 1 aromatic carbocycles. The van der Waals surface area contributed by atoms with Gasteiger partial charge >= 0.3 is 0 Å². The van der Waals surface area contributed by atoms with Crippen molar-refractivity contribution in [1.29, 1.82) is 0 Å². The molecule has 7 nitrogen and oxygen atoms in total. The molecule has 1 aromatic rings. The quantitative estimate of drug-likeness (QED) is 0.637. The molecular weight excluding hydrogens is 269 g/mol. The second-order valence-corrected chi connectivity index (χ2v) is 4.39. The van der Waals surface area contributed by atoms with Crippen molar-refractivity contribution in [3.05, 3.63) is 39.7 Å². The Labute approximate surface area is 113 Å². The zero-order valence-electron chi connectivity index (χ0n) is 10.6. The third-order valence-electron chi connectivity index (χ3n) is 3.15. The molecule has 0 radical (unpaired) electrons. The van der Waals surface area contributed by atoms with Crippen LogP contribution in [0.1, 0.15) is 17.3 Å². The Morgan fingerprint density at radius 3 is 2.90 bits per heavy atom. The Hall–Kier alpha value is -2.51. The van der Waals surface area contributed by atoms with E-state index in [4.69, 9.17) is 0 Å². The predicted molar refractivity (Wildman–Crippen MR) is 66.6 cm³/mol. The summed E-state index contributed by atoms with van der Waals surface area (Å²) < 4.78 is 13.7. The minimum atomic E-state index is -0.848. The lowest BCUT2D eigenvalue weighted by molar-refractivity contribution is -0.384. The van der Waals surface area contributed by atoms with E-state index in [-0.39, 0.29) is 24.7 Å². The first-order valence-corrected chi connectivity index (χ1v) is 5.94. The maximum atomic E-state index is 13.7. The number of nitrogens with zero attached hydrogens (tertiary/aromatic N) is 2. The number of nitro groups is 1. The first kappa shape index (κ1) is 13.9. The smallest absolute Gasteiger partial charge is 0.270 e. The van der Waals surface area contributed by atoms with Crippen LogP contribution in [0.5, 0.6) is 0 Å². The summed E-state index contributed by atoms with van der Waals surface area (Å²) in [4.78, 5) is 34.9. The fraction of sp³-hybridized carbons (Fsp3) is 0.333. The summed E-state index contributed by atoms with van der Waals surface area (Å²) in [6, 6.07) is 2.00. The highest BCUT2D eigenvalue weighted by molar-refractivity contribution is 5.98. The van der Waals surface area contributed by atoms with Crippen molar-refractivity contribution in [3.8, 4) is 0 Å². The van der Waals surface area contributed by atoms with Gasteiger partial charge in [-0.3, -0.25) is 19.7 Å². The third-order valence-corrected chi connectivity index (χ3v) is 3.15. The SMILES string of the molecule is CC1C(=O)NCCN1C(=O)c1cc([N+](=O)[O-])ccc1F. The Kier molecular flexibility index (Phi) is 3.64. The maximum absolute atomic E-state index is 13.7. The molecule has 0 aliphatic carbocycles. The molecule has 1 fully saturated rings. The molecule has 1 N–H and O–H groups in total. The van der Waals surface area contributed by atoms with Crippen LogP contribution < -0.4 is 5.32 Å². The molecule has 1 aliphatic rings. The van der Waals surface area contributed by atoms with E-state index in [2.05, 4.69) is 5.32 Å². The number of amides is 2. The molecular formula is C12H12FN3O4. The molecule has 0 spiro atoms. The second-order valence-electron chi connectivity index (χ2n) is 4.39. The van der Waals surface area contributed by atoms with Crippen LogP contribution in [-0.2, 0) is 4.79 Å². The molecule has 0 bridgehead atoms. The van der Waals surface area contributed by atoms with Crippen molar-refractivity contribution in [2.45, 2.75) is 13.0 Å². The highest BCUT2D eigenvalue weighted by atomic mass is 19.1. The van der Waals surface area contributed by atoms with Gasteiger partial charge in [-0.25, -0.2) is 4.39 Å². The molecule has 1 saturated heterocycles. The van der Waals surface area contributed by atoms with Gasteiger partial charge in [0.1, 0.15) is 11.9 Å². The monoisotopic (exact) mass is 281 g/mol. The molecule has 1 atom stereocenters. The number of non-ortho nitro benzene ring substituents is 1. The van der Waals surface area contributed by atoms with Crippen LogP contribution in [0, 0.1) is 15.9 Å². The summed E-state index contributed by atoms with van der Waals surface area (Å²) in [7, 11) is 0. The van der Waals surface area contributed by atoms with Crippen LogP contribution in [0.15, 0.2) is 18.2 Å². The number of carbonyl (C=O) groups excluding carboxylic acids is 2. The number of carbonyl (C=O) groups is 2. The van der Waals surface area contributed by atoms with Crippen molar-refractivity contribution in [2.75, 3.05) is 13.1 Å². The number of hydrogen-bond acceptors (Lipinski definition) is 4. The molecule has 1 aliphatic heterocycles. The van der Waals surface area contributed by atoms with E-state index in [9.17, 15) is 24.1 Å². The highest BCUT2D eigenvalue weighted by Gasteiger charge is 2.31. The summed E-state index contributed by atoms with van der Waals surface area (Å²) >= 11 is 0.